The molecule has 0 saturated heterocycles. The van der Waals surface area contributed by atoms with Gasteiger partial charge in [-0.25, -0.2) is 4.79 Å². The molecular formula is C27H20O3. The molecule has 4 aromatic carbocycles. The van der Waals surface area contributed by atoms with Crippen LogP contribution in [-0.2, 0) is 10.3 Å². The number of carbonyl (C=O) groups is 1. The second-order valence-electron chi connectivity index (χ2n) is 7.28. The fourth-order valence-corrected chi connectivity index (χ4v) is 4.13. The summed E-state index contributed by atoms with van der Waals surface area (Å²) in [6, 6.07) is 30.1. The van der Waals surface area contributed by atoms with E-state index in [1.54, 1.807) is 0 Å². The van der Waals surface area contributed by atoms with E-state index in [1.807, 2.05) is 78.9 Å². The van der Waals surface area contributed by atoms with Gasteiger partial charge in [0.05, 0.1) is 12.7 Å². The van der Waals surface area contributed by atoms with Gasteiger partial charge in [0.15, 0.2) is 5.60 Å². The average molecular weight is 392 g/mol. The summed E-state index contributed by atoms with van der Waals surface area (Å²) in [6.07, 6.45) is 4.01. The summed E-state index contributed by atoms with van der Waals surface area (Å²) in [5, 5.41) is 1.89. The van der Waals surface area contributed by atoms with Crippen molar-refractivity contribution in [3.05, 3.63) is 119 Å². The maximum absolute atomic E-state index is 12.5. The molecule has 3 heteroatoms. The van der Waals surface area contributed by atoms with Crippen LogP contribution in [0.2, 0.25) is 0 Å². The van der Waals surface area contributed by atoms with Gasteiger partial charge in [-0.15, -0.1) is 0 Å². The smallest absolute Gasteiger partial charge is 0.338 e. The summed E-state index contributed by atoms with van der Waals surface area (Å²) in [7, 11) is 1.40. The first-order valence-corrected chi connectivity index (χ1v) is 9.86. The molecule has 0 atom stereocenters. The molecule has 5 rings (SSSR count). The molecule has 0 spiro atoms. The van der Waals surface area contributed by atoms with Crippen molar-refractivity contribution >= 4 is 22.8 Å². The Morgan fingerprint density at radius 2 is 1.43 bits per heavy atom. The van der Waals surface area contributed by atoms with Crippen LogP contribution >= 0.6 is 0 Å². The van der Waals surface area contributed by atoms with Gasteiger partial charge in [-0.1, -0.05) is 84.9 Å². The number of benzene rings is 4. The van der Waals surface area contributed by atoms with E-state index in [9.17, 15) is 4.79 Å². The van der Waals surface area contributed by atoms with Crippen LogP contribution in [0.3, 0.4) is 0 Å². The van der Waals surface area contributed by atoms with E-state index >= 15 is 0 Å². The summed E-state index contributed by atoms with van der Waals surface area (Å²) < 4.78 is 11.9. The van der Waals surface area contributed by atoms with Crippen molar-refractivity contribution in [1.82, 2.24) is 0 Å². The number of hydrogen-bond donors (Lipinski definition) is 0. The molecule has 0 amide bonds. The van der Waals surface area contributed by atoms with Crippen LogP contribution in [0.15, 0.2) is 97.1 Å². The van der Waals surface area contributed by atoms with Gasteiger partial charge >= 0.3 is 5.97 Å². The average Bonchev–Trinajstić information content (AvgIpc) is 2.83. The molecule has 0 fully saturated rings. The first-order valence-electron chi connectivity index (χ1n) is 9.86. The number of esters is 1. The zero-order chi connectivity index (χ0) is 20.6. The zero-order valence-electron chi connectivity index (χ0n) is 16.5. The van der Waals surface area contributed by atoms with E-state index in [2.05, 4.69) is 24.3 Å². The van der Waals surface area contributed by atoms with Gasteiger partial charge in [0.1, 0.15) is 5.75 Å². The Labute approximate surface area is 175 Å². The fourth-order valence-electron chi connectivity index (χ4n) is 4.13. The van der Waals surface area contributed by atoms with Crippen molar-refractivity contribution < 1.29 is 14.3 Å². The van der Waals surface area contributed by atoms with E-state index in [-0.39, 0.29) is 5.97 Å². The molecule has 0 aromatic heterocycles. The van der Waals surface area contributed by atoms with Gasteiger partial charge < -0.3 is 9.47 Å². The first-order chi connectivity index (χ1) is 14.7. The van der Waals surface area contributed by atoms with E-state index in [1.165, 1.54) is 7.11 Å². The first kappa shape index (κ1) is 18.2. The normalized spacial score (nSPS) is 14.0. The lowest BCUT2D eigenvalue weighted by Gasteiger charge is -2.37. The molecule has 0 N–H and O–H groups in total. The summed E-state index contributed by atoms with van der Waals surface area (Å²) >= 11 is 0. The number of hydrogen-bond acceptors (Lipinski definition) is 3. The maximum atomic E-state index is 12.5. The molecule has 0 unspecified atom stereocenters. The Kier molecular flexibility index (Phi) is 4.36. The van der Waals surface area contributed by atoms with Crippen molar-refractivity contribution in [1.29, 1.82) is 0 Å². The van der Waals surface area contributed by atoms with E-state index in [4.69, 9.17) is 9.47 Å². The summed E-state index contributed by atoms with van der Waals surface area (Å²) in [5.41, 5.74) is 2.48. The summed E-state index contributed by atoms with van der Waals surface area (Å²) in [6.45, 7) is 0. The largest absolute Gasteiger partial charge is 0.472 e. The quantitative estimate of drug-likeness (QED) is 0.403. The van der Waals surface area contributed by atoms with Gasteiger partial charge in [0.2, 0.25) is 0 Å². The standard InChI is InChI=1S/C27H20O3/c1-29-26(28)24-18-19-10-8-9-15-22(19)25-23(24)16-17-27(30-25,20-11-4-2-5-12-20)21-13-6-3-7-14-21/h2-18H,1H3. The molecule has 146 valence electrons. The Balaban J connectivity index is 1.81. The molecule has 4 aromatic rings. The Bertz CT molecular complexity index is 1220. The number of ether oxygens (including phenoxy) is 2. The van der Waals surface area contributed by atoms with Crippen molar-refractivity contribution in [3.63, 3.8) is 0 Å². The van der Waals surface area contributed by atoms with Crippen LogP contribution in [0, 0.1) is 0 Å². The molecule has 0 saturated carbocycles. The Hall–Kier alpha value is -3.85. The second kappa shape index (κ2) is 7.20. The number of fused-ring (bicyclic) bond motifs is 3. The zero-order valence-corrected chi connectivity index (χ0v) is 16.5. The van der Waals surface area contributed by atoms with E-state index in [0.29, 0.717) is 11.3 Å². The Morgan fingerprint density at radius 3 is 2.07 bits per heavy atom. The molecule has 1 heterocycles. The van der Waals surface area contributed by atoms with E-state index < -0.39 is 5.60 Å². The van der Waals surface area contributed by atoms with Crippen LogP contribution in [0.4, 0.5) is 0 Å². The van der Waals surface area contributed by atoms with Crippen molar-refractivity contribution in [2.24, 2.45) is 0 Å². The molecule has 1 aliphatic rings. The third-order valence-electron chi connectivity index (χ3n) is 5.60. The van der Waals surface area contributed by atoms with Crippen molar-refractivity contribution in [2.45, 2.75) is 5.60 Å². The van der Waals surface area contributed by atoms with Gasteiger partial charge in [0, 0.05) is 22.1 Å². The lowest BCUT2D eigenvalue weighted by atomic mass is 9.82. The van der Waals surface area contributed by atoms with Crippen LogP contribution in [-0.4, -0.2) is 13.1 Å². The van der Waals surface area contributed by atoms with Gasteiger partial charge in [-0.2, -0.15) is 0 Å². The third-order valence-corrected chi connectivity index (χ3v) is 5.60. The summed E-state index contributed by atoms with van der Waals surface area (Å²) in [4.78, 5) is 12.5. The lowest BCUT2D eigenvalue weighted by Crippen LogP contribution is -2.34. The number of carbonyl (C=O) groups excluding carboxylic acids is 1. The van der Waals surface area contributed by atoms with Crippen LogP contribution in [0.5, 0.6) is 5.75 Å². The molecule has 30 heavy (non-hydrogen) atoms. The minimum absolute atomic E-state index is 0.378. The predicted molar refractivity (Wildman–Crippen MR) is 119 cm³/mol. The third kappa shape index (κ3) is 2.79. The highest BCUT2D eigenvalue weighted by molar-refractivity contribution is 6.03. The molecule has 0 aliphatic carbocycles. The SMILES string of the molecule is COC(=O)c1cc2ccccc2c2c1C=CC(c1ccccc1)(c1ccccc1)O2. The van der Waals surface area contributed by atoms with E-state index in [0.717, 1.165) is 27.5 Å². The fraction of sp³-hybridized carbons (Fsp3) is 0.0741. The second-order valence-corrected chi connectivity index (χ2v) is 7.28. The van der Waals surface area contributed by atoms with Crippen LogP contribution in [0.1, 0.15) is 27.0 Å². The molecule has 0 bridgehead atoms. The van der Waals surface area contributed by atoms with Crippen LogP contribution < -0.4 is 4.74 Å². The highest BCUT2D eigenvalue weighted by Gasteiger charge is 2.38. The Morgan fingerprint density at radius 1 is 0.833 bits per heavy atom. The molecule has 3 nitrogen and oxygen atoms in total. The van der Waals surface area contributed by atoms with Gasteiger partial charge in [-0.05, 0) is 23.6 Å². The van der Waals surface area contributed by atoms with Crippen molar-refractivity contribution in [2.75, 3.05) is 7.11 Å². The minimum Gasteiger partial charge on any atom is -0.472 e. The summed E-state index contributed by atoms with van der Waals surface area (Å²) in [5.74, 6) is 0.306. The highest BCUT2D eigenvalue weighted by Crippen LogP contribution is 2.46. The lowest BCUT2D eigenvalue weighted by molar-refractivity contribution is 0.0599. The van der Waals surface area contributed by atoms with Gasteiger partial charge in [-0.3, -0.25) is 0 Å². The van der Waals surface area contributed by atoms with Crippen LogP contribution in [0.25, 0.3) is 16.8 Å². The topological polar surface area (TPSA) is 35.5 Å². The minimum atomic E-state index is -0.799. The molecular weight excluding hydrogens is 372 g/mol. The highest BCUT2D eigenvalue weighted by atomic mass is 16.5. The van der Waals surface area contributed by atoms with Gasteiger partial charge in [0.25, 0.3) is 0 Å². The molecule has 0 radical (unpaired) electrons. The van der Waals surface area contributed by atoms with Crippen molar-refractivity contribution in [3.8, 4) is 5.75 Å². The number of methoxy groups -OCH3 is 1. The monoisotopic (exact) mass is 392 g/mol. The maximum Gasteiger partial charge on any atom is 0.338 e. The predicted octanol–water partition coefficient (Wildman–Crippen LogP) is 5.98. The number of rotatable bonds is 3. The molecule has 1 aliphatic heterocycles.